The van der Waals surface area contributed by atoms with Crippen molar-refractivity contribution in [2.45, 2.75) is 26.0 Å². The van der Waals surface area contributed by atoms with Crippen molar-refractivity contribution in [1.29, 1.82) is 0 Å². The van der Waals surface area contributed by atoms with Crippen LogP contribution in [0.2, 0.25) is 5.02 Å². The third-order valence-electron chi connectivity index (χ3n) is 4.80. The lowest BCUT2D eigenvalue weighted by molar-refractivity contribution is 0.0946. The summed E-state index contributed by atoms with van der Waals surface area (Å²) in [5.74, 6) is 0.929. The minimum atomic E-state index is -0.331. The molecule has 4 rings (SSSR count). The molecule has 2 aromatic heterocycles. The summed E-state index contributed by atoms with van der Waals surface area (Å²) in [6.45, 7) is 2.51. The first-order valence-electron chi connectivity index (χ1n) is 9.86. The highest BCUT2D eigenvalue weighted by atomic mass is 35.5. The zero-order valence-corrected chi connectivity index (χ0v) is 17.2. The van der Waals surface area contributed by atoms with Gasteiger partial charge in [0, 0.05) is 25.8 Å². The highest BCUT2D eigenvalue weighted by Crippen LogP contribution is 2.20. The predicted molar refractivity (Wildman–Crippen MR) is 115 cm³/mol. The minimum absolute atomic E-state index is 0.191. The van der Waals surface area contributed by atoms with Crippen molar-refractivity contribution < 1.29 is 9.53 Å². The molecule has 0 aliphatic carbocycles. The number of pyridine rings is 1. The molecule has 3 heterocycles. The second kappa shape index (κ2) is 9.54. The lowest BCUT2D eigenvalue weighted by Crippen LogP contribution is -2.26. The van der Waals surface area contributed by atoms with Gasteiger partial charge in [-0.2, -0.15) is 0 Å². The summed E-state index contributed by atoms with van der Waals surface area (Å²) in [6, 6.07) is 13.3. The first-order valence-corrected chi connectivity index (χ1v) is 10.2. The van der Waals surface area contributed by atoms with Gasteiger partial charge in [0.2, 0.25) is 5.95 Å². The van der Waals surface area contributed by atoms with Crippen LogP contribution in [-0.4, -0.2) is 33.9 Å². The summed E-state index contributed by atoms with van der Waals surface area (Å²) in [7, 11) is 0. The van der Waals surface area contributed by atoms with E-state index in [2.05, 4.69) is 25.2 Å². The van der Waals surface area contributed by atoms with Gasteiger partial charge in [0.05, 0.1) is 16.9 Å². The molecule has 1 N–H and O–H groups in total. The van der Waals surface area contributed by atoms with Gasteiger partial charge >= 0.3 is 0 Å². The van der Waals surface area contributed by atoms with Gasteiger partial charge in [-0.25, -0.2) is 9.97 Å². The number of amides is 1. The first kappa shape index (κ1) is 20.1. The van der Waals surface area contributed by atoms with Crippen molar-refractivity contribution in [2.75, 3.05) is 18.0 Å². The maximum Gasteiger partial charge on any atom is 0.271 e. The molecule has 0 atom stereocenters. The fraction of sp³-hybridized carbons (Fsp3) is 0.273. The smallest absolute Gasteiger partial charge is 0.271 e. The summed E-state index contributed by atoms with van der Waals surface area (Å²) in [4.78, 5) is 27.6. The molecule has 0 radical (unpaired) electrons. The van der Waals surface area contributed by atoms with Gasteiger partial charge in [-0.1, -0.05) is 29.8 Å². The molecule has 7 nitrogen and oxygen atoms in total. The monoisotopic (exact) mass is 423 g/mol. The second-order valence-electron chi connectivity index (χ2n) is 7.00. The van der Waals surface area contributed by atoms with Crippen LogP contribution in [0.25, 0.3) is 0 Å². The van der Waals surface area contributed by atoms with Crippen molar-refractivity contribution >= 4 is 23.5 Å². The highest BCUT2D eigenvalue weighted by Gasteiger charge is 2.19. The van der Waals surface area contributed by atoms with Crippen molar-refractivity contribution in [1.82, 2.24) is 20.3 Å². The molecule has 1 aliphatic heterocycles. The average Bonchev–Trinajstić information content (AvgIpc) is 3.32. The Bertz CT molecular complexity index is 1010. The molecule has 154 valence electrons. The molecule has 1 amide bonds. The van der Waals surface area contributed by atoms with Crippen LogP contribution >= 0.6 is 11.6 Å². The fourth-order valence-electron chi connectivity index (χ4n) is 3.24. The molecular weight excluding hydrogens is 402 g/mol. The van der Waals surface area contributed by atoms with Gasteiger partial charge in [-0.05, 0) is 42.7 Å². The average molecular weight is 424 g/mol. The topological polar surface area (TPSA) is 80.2 Å². The van der Waals surface area contributed by atoms with Crippen LogP contribution in [0.15, 0.2) is 54.9 Å². The van der Waals surface area contributed by atoms with E-state index in [1.54, 1.807) is 6.20 Å². The molecule has 0 saturated carbocycles. The van der Waals surface area contributed by atoms with Crippen molar-refractivity contribution in [3.8, 4) is 5.75 Å². The Morgan fingerprint density at radius 2 is 2.00 bits per heavy atom. The van der Waals surface area contributed by atoms with Crippen LogP contribution in [0.4, 0.5) is 5.95 Å². The number of rotatable bonds is 7. The number of carbonyl (C=O) groups is 1. The third-order valence-corrected chi connectivity index (χ3v) is 5.08. The molecule has 8 heteroatoms. The van der Waals surface area contributed by atoms with E-state index in [0.29, 0.717) is 24.8 Å². The van der Waals surface area contributed by atoms with Crippen LogP contribution in [0.5, 0.6) is 5.75 Å². The van der Waals surface area contributed by atoms with Gasteiger partial charge in [0.1, 0.15) is 12.4 Å². The van der Waals surface area contributed by atoms with Gasteiger partial charge in [-0.3, -0.25) is 9.78 Å². The lowest BCUT2D eigenvalue weighted by atomic mass is 10.2. The SMILES string of the molecule is O=C(NCc1cccc(OCc2ccccn2)c1)c1nc(N2CCCC2)ncc1Cl. The standard InChI is InChI=1S/C22H22ClN5O2/c23-19-14-26-22(28-10-3-4-11-28)27-20(19)21(29)25-13-16-6-5-8-18(12-16)30-15-17-7-1-2-9-24-17/h1-2,5-9,12,14H,3-4,10-11,13,15H2,(H,25,29). The Morgan fingerprint density at radius 3 is 2.80 bits per heavy atom. The molecule has 1 saturated heterocycles. The normalized spacial score (nSPS) is 13.3. The van der Waals surface area contributed by atoms with E-state index in [9.17, 15) is 4.79 Å². The Labute approximate surface area is 180 Å². The van der Waals surface area contributed by atoms with E-state index >= 15 is 0 Å². The van der Waals surface area contributed by atoms with Gasteiger partial charge in [-0.15, -0.1) is 0 Å². The molecule has 0 spiro atoms. The first-order chi connectivity index (χ1) is 14.7. The molecule has 0 unspecified atom stereocenters. The van der Waals surface area contributed by atoms with E-state index in [1.165, 1.54) is 6.20 Å². The number of nitrogens with one attached hydrogen (secondary N) is 1. The van der Waals surface area contributed by atoms with Crippen LogP contribution in [-0.2, 0) is 13.2 Å². The molecule has 3 aromatic rings. The Hall–Kier alpha value is -3.19. The molecule has 30 heavy (non-hydrogen) atoms. The van der Waals surface area contributed by atoms with Crippen LogP contribution in [0, 0.1) is 0 Å². The summed E-state index contributed by atoms with van der Waals surface area (Å²) in [5, 5.41) is 3.11. The zero-order chi connectivity index (χ0) is 20.8. The number of anilines is 1. The van der Waals surface area contributed by atoms with Crippen LogP contribution in [0.3, 0.4) is 0 Å². The van der Waals surface area contributed by atoms with E-state index in [-0.39, 0.29) is 16.6 Å². The Kier molecular flexibility index (Phi) is 6.39. The predicted octanol–water partition coefficient (Wildman–Crippen LogP) is 3.63. The third kappa shape index (κ3) is 5.04. The number of hydrogen-bond acceptors (Lipinski definition) is 6. The number of carbonyl (C=O) groups excluding carboxylic acids is 1. The lowest BCUT2D eigenvalue weighted by Gasteiger charge is -2.16. The quantitative estimate of drug-likeness (QED) is 0.625. The van der Waals surface area contributed by atoms with Crippen molar-refractivity contribution in [3.63, 3.8) is 0 Å². The van der Waals surface area contributed by atoms with E-state index in [0.717, 1.165) is 37.2 Å². The van der Waals surface area contributed by atoms with E-state index in [1.807, 2.05) is 42.5 Å². The Balaban J connectivity index is 1.37. The van der Waals surface area contributed by atoms with Gasteiger partial charge < -0.3 is 15.0 Å². The van der Waals surface area contributed by atoms with Gasteiger partial charge in [0.15, 0.2) is 5.69 Å². The van der Waals surface area contributed by atoms with Crippen molar-refractivity contribution in [2.24, 2.45) is 0 Å². The summed E-state index contributed by atoms with van der Waals surface area (Å²) in [6.07, 6.45) is 5.43. The number of nitrogens with zero attached hydrogens (tertiary/aromatic N) is 4. The molecular formula is C22H22ClN5O2. The Morgan fingerprint density at radius 1 is 1.13 bits per heavy atom. The largest absolute Gasteiger partial charge is 0.487 e. The molecule has 1 aliphatic rings. The molecule has 1 aromatic carbocycles. The molecule has 1 fully saturated rings. The van der Waals surface area contributed by atoms with Crippen LogP contribution < -0.4 is 15.0 Å². The van der Waals surface area contributed by atoms with E-state index < -0.39 is 0 Å². The highest BCUT2D eigenvalue weighted by molar-refractivity contribution is 6.33. The second-order valence-corrected chi connectivity index (χ2v) is 7.41. The number of ether oxygens (including phenoxy) is 1. The number of halogens is 1. The summed E-state index contributed by atoms with van der Waals surface area (Å²) < 4.78 is 5.79. The van der Waals surface area contributed by atoms with Crippen molar-refractivity contribution in [3.05, 3.63) is 76.8 Å². The zero-order valence-electron chi connectivity index (χ0n) is 16.4. The maximum atomic E-state index is 12.7. The van der Waals surface area contributed by atoms with Crippen LogP contribution in [0.1, 0.15) is 34.6 Å². The van der Waals surface area contributed by atoms with Gasteiger partial charge in [0.25, 0.3) is 5.91 Å². The minimum Gasteiger partial charge on any atom is -0.487 e. The number of benzene rings is 1. The maximum absolute atomic E-state index is 12.7. The fourth-order valence-corrected chi connectivity index (χ4v) is 3.42. The number of aromatic nitrogens is 3. The molecule has 0 bridgehead atoms. The van der Waals surface area contributed by atoms with E-state index in [4.69, 9.17) is 16.3 Å². The summed E-state index contributed by atoms with van der Waals surface area (Å²) in [5.41, 5.74) is 1.95. The summed E-state index contributed by atoms with van der Waals surface area (Å²) >= 11 is 6.17. The number of hydrogen-bond donors (Lipinski definition) is 1.